The Morgan fingerprint density at radius 2 is 1.90 bits per heavy atom. The first kappa shape index (κ1) is 16.8. The lowest BCUT2D eigenvalue weighted by molar-refractivity contribution is 0.412. The largest absolute Gasteiger partial charge is 0.496 e. The van der Waals surface area contributed by atoms with E-state index in [2.05, 4.69) is 49.3 Å². The molecule has 21 heavy (non-hydrogen) atoms. The average molecular weight is 434 g/mol. The van der Waals surface area contributed by atoms with E-state index in [4.69, 9.17) is 16.3 Å². The van der Waals surface area contributed by atoms with Crippen LogP contribution in [-0.2, 0) is 6.42 Å². The van der Waals surface area contributed by atoms with Gasteiger partial charge in [-0.25, -0.2) is 0 Å². The van der Waals surface area contributed by atoms with E-state index in [1.165, 1.54) is 11.1 Å². The van der Waals surface area contributed by atoms with Crippen LogP contribution in [0.5, 0.6) is 5.75 Å². The fourth-order valence-corrected chi connectivity index (χ4v) is 3.77. The molecule has 112 valence electrons. The van der Waals surface area contributed by atoms with Crippen molar-refractivity contribution < 1.29 is 4.74 Å². The molecule has 0 aliphatic rings. The van der Waals surface area contributed by atoms with Crippen LogP contribution >= 0.6 is 43.5 Å². The van der Waals surface area contributed by atoms with Crippen LogP contribution in [0.4, 0.5) is 0 Å². The molecule has 2 aromatic rings. The van der Waals surface area contributed by atoms with Crippen molar-refractivity contribution in [3.05, 3.63) is 61.5 Å². The number of rotatable bonds is 5. The molecule has 0 spiro atoms. The summed E-state index contributed by atoms with van der Waals surface area (Å²) in [6.07, 6.45) is 0.874. The van der Waals surface area contributed by atoms with Crippen LogP contribution < -0.4 is 10.1 Å². The Hall–Kier alpha value is -0.550. The number of likely N-dealkylation sites (N-methyl/N-ethyl adjacent to an activating group) is 1. The molecule has 0 aromatic heterocycles. The normalized spacial score (nSPS) is 12.2. The molecule has 0 fully saturated rings. The lowest BCUT2D eigenvalue weighted by Crippen LogP contribution is -2.19. The second-order valence-electron chi connectivity index (χ2n) is 4.68. The fraction of sp³-hybridized carbons (Fsp3) is 0.250. The van der Waals surface area contributed by atoms with E-state index >= 15 is 0 Å². The van der Waals surface area contributed by atoms with Gasteiger partial charge in [0.05, 0.1) is 11.6 Å². The Kier molecular flexibility index (Phi) is 6.11. The molecule has 0 aliphatic heterocycles. The van der Waals surface area contributed by atoms with Gasteiger partial charge in [0.15, 0.2) is 0 Å². The molecule has 0 saturated heterocycles. The van der Waals surface area contributed by atoms with Gasteiger partial charge in [-0.3, -0.25) is 0 Å². The maximum absolute atomic E-state index is 6.01. The molecular weight excluding hydrogens is 417 g/mol. The molecule has 0 bridgehead atoms. The molecule has 0 heterocycles. The number of hydrogen-bond donors (Lipinski definition) is 1. The van der Waals surface area contributed by atoms with Crippen LogP contribution in [0, 0.1) is 0 Å². The van der Waals surface area contributed by atoms with Crippen molar-refractivity contribution in [3.63, 3.8) is 0 Å². The first-order chi connectivity index (χ1) is 10.0. The van der Waals surface area contributed by atoms with Crippen molar-refractivity contribution in [3.8, 4) is 5.75 Å². The van der Waals surface area contributed by atoms with Crippen molar-refractivity contribution in [1.82, 2.24) is 5.32 Å². The molecule has 0 amide bonds. The summed E-state index contributed by atoms with van der Waals surface area (Å²) in [6.45, 7) is 0. The van der Waals surface area contributed by atoms with Gasteiger partial charge in [-0.1, -0.05) is 39.7 Å². The third-order valence-corrected chi connectivity index (χ3v) is 4.88. The standard InChI is InChI=1S/C16H16Br2ClNO/c1-20-15(12-5-4-11(19)9-13(12)17)8-10-3-6-16(21-2)14(18)7-10/h3-7,9,15,20H,8H2,1-2H3. The number of halogens is 3. The average Bonchev–Trinajstić information content (AvgIpc) is 2.45. The maximum Gasteiger partial charge on any atom is 0.133 e. The van der Waals surface area contributed by atoms with Gasteiger partial charge in [0.25, 0.3) is 0 Å². The van der Waals surface area contributed by atoms with Crippen LogP contribution in [0.15, 0.2) is 45.3 Å². The molecule has 0 aliphatic carbocycles. The smallest absolute Gasteiger partial charge is 0.133 e. The van der Waals surface area contributed by atoms with Gasteiger partial charge >= 0.3 is 0 Å². The van der Waals surface area contributed by atoms with Crippen LogP contribution in [0.25, 0.3) is 0 Å². The highest BCUT2D eigenvalue weighted by atomic mass is 79.9. The van der Waals surface area contributed by atoms with E-state index in [-0.39, 0.29) is 6.04 Å². The van der Waals surface area contributed by atoms with Gasteiger partial charge in [0, 0.05) is 15.5 Å². The molecule has 2 rings (SSSR count). The summed E-state index contributed by atoms with van der Waals surface area (Å²) in [4.78, 5) is 0. The zero-order valence-corrected chi connectivity index (χ0v) is 15.7. The Labute approximate surface area is 147 Å². The number of nitrogens with one attached hydrogen (secondary N) is 1. The fourth-order valence-electron chi connectivity index (χ4n) is 2.22. The van der Waals surface area contributed by atoms with Crippen molar-refractivity contribution in [2.24, 2.45) is 0 Å². The Morgan fingerprint density at radius 3 is 2.48 bits per heavy atom. The lowest BCUT2D eigenvalue weighted by Gasteiger charge is -2.19. The van der Waals surface area contributed by atoms with E-state index in [0.29, 0.717) is 0 Å². The highest BCUT2D eigenvalue weighted by molar-refractivity contribution is 9.10. The van der Waals surface area contributed by atoms with Crippen LogP contribution in [-0.4, -0.2) is 14.2 Å². The van der Waals surface area contributed by atoms with Gasteiger partial charge < -0.3 is 10.1 Å². The van der Waals surface area contributed by atoms with Gasteiger partial charge in [0.1, 0.15) is 5.75 Å². The summed E-state index contributed by atoms with van der Waals surface area (Å²) < 4.78 is 7.24. The number of hydrogen-bond acceptors (Lipinski definition) is 2. The van der Waals surface area contributed by atoms with Crippen molar-refractivity contribution in [2.45, 2.75) is 12.5 Å². The molecule has 1 unspecified atom stereocenters. The van der Waals surface area contributed by atoms with E-state index < -0.39 is 0 Å². The van der Waals surface area contributed by atoms with E-state index in [9.17, 15) is 0 Å². The van der Waals surface area contributed by atoms with E-state index in [1.54, 1.807) is 7.11 Å². The van der Waals surface area contributed by atoms with E-state index in [0.717, 1.165) is 26.1 Å². The summed E-state index contributed by atoms with van der Waals surface area (Å²) in [7, 11) is 3.63. The Balaban J connectivity index is 2.24. The first-order valence-corrected chi connectivity index (χ1v) is 8.46. The SMILES string of the molecule is CNC(Cc1ccc(OC)c(Br)c1)c1ccc(Cl)cc1Br. The monoisotopic (exact) mass is 431 g/mol. The van der Waals surface area contributed by atoms with Crippen molar-refractivity contribution in [2.75, 3.05) is 14.2 Å². The van der Waals surface area contributed by atoms with Gasteiger partial charge in [-0.2, -0.15) is 0 Å². The quantitative estimate of drug-likeness (QED) is 0.684. The van der Waals surface area contributed by atoms with E-state index in [1.807, 2.05) is 31.3 Å². The summed E-state index contributed by atoms with van der Waals surface area (Å²) in [5, 5.41) is 4.08. The van der Waals surface area contributed by atoms with Gasteiger partial charge in [0.2, 0.25) is 0 Å². The molecule has 5 heteroatoms. The molecule has 1 N–H and O–H groups in total. The van der Waals surface area contributed by atoms with Gasteiger partial charge in [-0.15, -0.1) is 0 Å². The first-order valence-electron chi connectivity index (χ1n) is 6.49. The summed E-state index contributed by atoms with van der Waals surface area (Å²) in [6, 6.07) is 12.2. The number of ether oxygens (including phenoxy) is 1. The Morgan fingerprint density at radius 1 is 1.14 bits per heavy atom. The Bertz CT molecular complexity index is 634. The second kappa shape index (κ2) is 7.63. The molecule has 1 atom stereocenters. The van der Waals surface area contributed by atoms with Crippen LogP contribution in [0.3, 0.4) is 0 Å². The van der Waals surface area contributed by atoms with Crippen molar-refractivity contribution in [1.29, 1.82) is 0 Å². The third-order valence-electron chi connectivity index (χ3n) is 3.34. The van der Waals surface area contributed by atoms with Crippen molar-refractivity contribution >= 4 is 43.5 Å². The second-order valence-corrected chi connectivity index (χ2v) is 6.83. The third kappa shape index (κ3) is 4.22. The molecule has 2 aromatic carbocycles. The minimum Gasteiger partial charge on any atom is -0.496 e. The summed E-state index contributed by atoms with van der Waals surface area (Å²) >= 11 is 13.1. The lowest BCUT2D eigenvalue weighted by atomic mass is 9.99. The predicted octanol–water partition coefficient (Wildman–Crippen LogP) is 5.38. The minimum absolute atomic E-state index is 0.205. The highest BCUT2D eigenvalue weighted by Gasteiger charge is 2.14. The summed E-state index contributed by atoms with van der Waals surface area (Å²) in [5.41, 5.74) is 2.41. The van der Waals surface area contributed by atoms with Crippen LogP contribution in [0.2, 0.25) is 5.02 Å². The maximum atomic E-state index is 6.01. The molecular formula is C16H16Br2ClNO. The predicted molar refractivity (Wildman–Crippen MR) is 95.4 cm³/mol. The summed E-state index contributed by atoms with van der Waals surface area (Å²) in [5.74, 6) is 0.840. The number of methoxy groups -OCH3 is 1. The molecule has 2 nitrogen and oxygen atoms in total. The highest BCUT2D eigenvalue weighted by Crippen LogP contribution is 2.31. The van der Waals surface area contributed by atoms with Gasteiger partial charge in [-0.05, 0) is 64.8 Å². The zero-order chi connectivity index (χ0) is 15.4. The minimum atomic E-state index is 0.205. The molecule has 0 radical (unpaired) electrons. The topological polar surface area (TPSA) is 21.3 Å². The molecule has 0 saturated carbocycles. The zero-order valence-electron chi connectivity index (χ0n) is 11.8. The number of benzene rings is 2. The van der Waals surface area contributed by atoms with Crippen LogP contribution in [0.1, 0.15) is 17.2 Å².